The van der Waals surface area contributed by atoms with Crippen molar-refractivity contribution in [2.75, 3.05) is 11.9 Å². The largest absolute Gasteiger partial charge is 0.490 e. The molecule has 2 N–H and O–H groups in total. The number of carbonyl (C=O) groups is 5. The number of amides is 4. The van der Waals surface area contributed by atoms with Gasteiger partial charge in [0.2, 0.25) is 17.6 Å². The second-order valence-corrected chi connectivity index (χ2v) is 13.5. The van der Waals surface area contributed by atoms with Gasteiger partial charge in [0.1, 0.15) is 23.6 Å². The first-order valence-corrected chi connectivity index (χ1v) is 17.2. The Morgan fingerprint density at radius 2 is 1.50 bits per heavy atom. The lowest BCUT2D eigenvalue weighted by atomic mass is 9.78. The monoisotopic (exact) mass is 703 g/mol. The summed E-state index contributed by atoms with van der Waals surface area (Å²) in [6.07, 6.45) is 4.60. The van der Waals surface area contributed by atoms with Gasteiger partial charge >= 0.3 is 5.97 Å². The number of piperidine rings is 1. The molecule has 52 heavy (non-hydrogen) atoms. The Kier molecular flexibility index (Phi) is 9.18. The first kappa shape index (κ1) is 34.3. The molecule has 2 fully saturated rings. The van der Waals surface area contributed by atoms with E-state index in [0.717, 1.165) is 34.6 Å². The molecule has 4 amide bonds. The maximum Gasteiger partial charge on any atom is 0.376 e. The highest BCUT2D eigenvalue weighted by Gasteiger charge is 2.45. The Morgan fingerprint density at radius 1 is 0.865 bits per heavy atom. The molecular weight excluding hydrogens is 666 g/mol. The van der Waals surface area contributed by atoms with Crippen LogP contribution in [0.4, 0.5) is 5.69 Å². The van der Waals surface area contributed by atoms with Gasteiger partial charge in [-0.25, -0.2) is 14.8 Å². The van der Waals surface area contributed by atoms with E-state index in [0.29, 0.717) is 17.2 Å². The zero-order chi connectivity index (χ0) is 36.6. The summed E-state index contributed by atoms with van der Waals surface area (Å²) in [6.45, 7) is 6.26. The fourth-order valence-corrected chi connectivity index (χ4v) is 6.63. The molecule has 0 spiro atoms. The van der Waals surface area contributed by atoms with Crippen LogP contribution >= 0.6 is 0 Å². The molecular formula is C39H37N5O8. The smallest absolute Gasteiger partial charge is 0.376 e. The summed E-state index contributed by atoms with van der Waals surface area (Å²) in [5, 5.41) is 5.64. The summed E-state index contributed by atoms with van der Waals surface area (Å²) in [5.41, 5.74) is 3.11. The van der Waals surface area contributed by atoms with E-state index < -0.39 is 35.6 Å². The number of hydrogen-bond donors (Lipinski definition) is 2. The topological polar surface area (TPSA) is 166 Å². The number of carbonyl (C=O) groups excluding carboxylic acids is 5. The van der Waals surface area contributed by atoms with Gasteiger partial charge in [0.15, 0.2) is 5.75 Å². The Bertz CT molecular complexity index is 2040. The van der Waals surface area contributed by atoms with Crippen molar-refractivity contribution in [2.45, 2.75) is 70.1 Å². The van der Waals surface area contributed by atoms with Crippen molar-refractivity contribution >= 4 is 35.3 Å². The van der Waals surface area contributed by atoms with Crippen LogP contribution in [0.25, 0.3) is 0 Å². The minimum Gasteiger partial charge on any atom is -0.490 e. The number of anilines is 1. The van der Waals surface area contributed by atoms with Gasteiger partial charge in [-0.3, -0.25) is 29.4 Å². The summed E-state index contributed by atoms with van der Waals surface area (Å²) < 4.78 is 17.0. The molecule has 1 saturated heterocycles. The molecule has 4 aromatic rings. The normalized spacial score (nSPS) is 19.8. The molecule has 1 atom stereocenters. The van der Waals surface area contributed by atoms with Crippen molar-refractivity contribution in [1.29, 1.82) is 0 Å². The van der Waals surface area contributed by atoms with Crippen molar-refractivity contribution in [1.82, 2.24) is 20.2 Å². The fourth-order valence-electron chi connectivity index (χ4n) is 6.63. The molecule has 3 aliphatic rings. The van der Waals surface area contributed by atoms with Crippen molar-refractivity contribution in [3.8, 4) is 17.2 Å². The Morgan fingerprint density at radius 3 is 2.13 bits per heavy atom. The first-order valence-electron chi connectivity index (χ1n) is 17.2. The van der Waals surface area contributed by atoms with Crippen LogP contribution < -0.4 is 20.1 Å². The van der Waals surface area contributed by atoms with E-state index in [1.165, 1.54) is 12.4 Å². The summed E-state index contributed by atoms with van der Waals surface area (Å²) in [5.74, 6) is -0.903. The molecule has 1 aliphatic carbocycles. The minimum absolute atomic E-state index is 0.0219. The van der Waals surface area contributed by atoms with Crippen LogP contribution in [-0.2, 0) is 19.7 Å². The van der Waals surface area contributed by atoms with Gasteiger partial charge in [0, 0.05) is 36.4 Å². The maximum atomic E-state index is 13.2. The van der Waals surface area contributed by atoms with E-state index in [9.17, 15) is 24.0 Å². The van der Waals surface area contributed by atoms with E-state index in [2.05, 4.69) is 46.6 Å². The summed E-state index contributed by atoms with van der Waals surface area (Å²) in [6, 6.07) is 20.0. The average molecular weight is 704 g/mol. The predicted molar refractivity (Wildman–Crippen MR) is 187 cm³/mol. The van der Waals surface area contributed by atoms with Crippen LogP contribution in [0.5, 0.6) is 17.2 Å². The highest BCUT2D eigenvalue weighted by atomic mass is 16.5. The van der Waals surface area contributed by atoms with Crippen LogP contribution in [0.1, 0.15) is 88.9 Å². The number of benzene rings is 3. The van der Waals surface area contributed by atoms with Gasteiger partial charge in [-0.15, -0.1) is 0 Å². The maximum absolute atomic E-state index is 13.2. The molecule has 3 heterocycles. The first-order chi connectivity index (χ1) is 25.0. The quantitative estimate of drug-likeness (QED) is 0.156. The number of nitrogens with one attached hydrogen (secondary N) is 2. The number of aromatic nitrogens is 2. The average Bonchev–Trinajstić information content (AvgIpc) is 3.36. The molecule has 7 rings (SSSR count). The number of nitrogens with zero attached hydrogens (tertiary/aromatic N) is 3. The van der Waals surface area contributed by atoms with Crippen molar-refractivity contribution in [3.63, 3.8) is 0 Å². The van der Waals surface area contributed by atoms with Crippen molar-refractivity contribution < 1.29 is 38.2 Å². The molecule has 2 aliphatic heterocycles. The van der Waals surface area contributed by atoms with E-state index in [1.807, 2.05) is 36.4 Å². The third-order valence-corrected chi connectivity index (χ3v) is 9.68. The molecule has 3 aromatic carbocycles. The number of hydrogen-bond acceptors (Lipinski definition) is 11. The summed E-state index contributed by atoms with van der Waals surface area (Å²) in [7, 11) is 0. The standard InChI is InChI=1S/C39H37N5O8/c1-4-50-38(49)34-40-20-29(21-41-34)52-27-12-7-23(8-13-27)39(2,3)22-5-10-26(11-6-22)51-28-17-25(18-28)42-24-9-14-30-31(19-24)37(48)44(36(30)47)32-15-16-33(45)43-35(32)46/h5-14,19-21,25,28,32,42H,4,15-18H2,1-3H3,(H,43,45,46). The number of rotatable bonds is 11. The van der Waals surface area contributed by atoms with Gasteiger partial charge in [0.25, 0.3) is 11.8 Å². The Balaban J connectivity index is 0.902. The molecule has 0 radical (unpaired) electrons. The Labute approximate surface area is 299 Å². The zero-order valence-electron chi connectivity index (χ0n) is 28.9. The zero-order valence-corrected chi connectivity index (χ0v) is 28.9. The lowest BCUT2D eigenvalue weighted by molar-refractivity contribution is -0.136. The summed E-state index contributed by atoms with van der Waals surface area (Å²) >= 11 is 0. The molecule has 0 bridgehead atoms. The second kappa shape index (κ2) is 13.9. The predicted octanol–water partition coefficient (Wildman–Crippen LogP) is 5.19. The minimum atomic E-state index is -0.994. The lowest BCUT2D eigenvalue weighted by Crippen LogP contribution is -2.54. The third kappa shape index (κ3) is 6.81. The van der Waals surface area contributed by atoms with Gasteiger partial charge in [-0.1, -0.05) is 38.1 Å². The number of fused-ring (bicyclic) bond motifs is 1. The van der Waals surface area contributed by atoms with E-state index in [-0.39, 0.29) is 54.0 Å². The van der Waals surface area contributed by atoms with E-state index in [1.54, 1.807) is 25.1 Å². The van der Waals surface area contributed by atoms with E-state index in [4.69, 9.17) is 14.2 Å². The molecule has 266 valence electrons. The highest BCUT2D eigenvalue weighted by Crippen LogP contribution is 2.36. The SMILES string of the molecule is CCOC(=O)c1ncc(Oc2ccc(C(C)(C)c3ccc(OC4CC(Nc5ccc6c(c5)C(=O)N(C5CCC(=O)NC5=O)C6=O)C4)cc3)cc2)cn1. The van der Waals surface area contributed by atoms with Crippen LogP contribution in [0.15, 0.2) is 79.1 Å². The number of esters is 1. The molecule has 13 heteroatoms. The number of ether oxygens (including phenoxy) is 3. The van der Waals surface area contributed by atoms with Crippen molar-refractivity contribution in [3.05, 3.63) is 107 Å². The molecule has 13 nitrogen and oxygen atoms in total. The van der Waals surface area contributed by atoms with Crippen LogP contribution in [0, 0.1) is 0 Å². The van der Waals surface area contributed by atoms with Crippen LogP contribution in [-0.4, -0.2) is 69.3 Å². The third-order valence-electron chi connectivity index (χ3n) is 9.68. The molecule has 1 saturated carbocycles. The van der Waals surface area contributed by atoms with Gasteiger partial charge < -0.3 is 19.5 Å². The van der Waals surface area contributed by atoms with Crippen molar-refractivity contribution in [2.24, 2.45) is 0 Å². The highest BCUT2D eigenvalue weighted by molar-refractivity contribution is 6.23. The van der Waals surface area contributed by atoms with Gasteiger partial charge in [-0.2, -0.15) is 0 Å². The summed E-state index contributed by atoms with van der Waals surface area (Å²) in [4.78, 5) is 70.8. The molecule has 1 aromatic heterocycles. The van der Waals surface area contributed by atoms with E-state index >= 15 is 0 Å². The van der Waals surface area contributed by atoms with Crippen LogP contribution in [0.2, 0.25) is 0 Å². The Hall–Kier alpha value is -6.11. The number of imide groups is 2. The van der Waals surface area contributed by atoms with Gasteiger partial charge in [0.05, 0.1) is 30.1 Å². The molecule has 1 unspecified atom stereocenters. The van der Waals surface area contributed by atoms with Gasteiger partial charge in [-0.05, 0) is 66.9 Å². The second-order valence-electron chi connectivity index (χ2n) is 13.5. The fraction of sp³-hybridized carbons (Fsp3) is 0.308. The van der Waals surface area contributed by atoms with Crippen LogP contribution in [0.3, 0.4) is 0 Å². The lowest BCUT2D eigenvalue weighted by Gasteiger charge is -2.36.